The number of methoxy groups -OCH3 is 1. The summed E-state index contributed by atoms with van der Waals surface area (Å²) in [6, 6.07) is 9.67. The molecule has 5 heteroatoms. The van der Waals surface area contributed by atoms with E-state index in [0.717, 1.165) is 12.0 Å². The van der Waals surface area contributed by atoms with Crippen LogP contribution in [0.4, 0.5) is 0 Å². The largest absolute Gasteiger partial charge is 0.493 e. The van der Waals surface area contributed by atoms with E-state index in [1.165, 1.54) is 11.0 Å². The maximum absolute atomic E-state index is 11.8. The Balaban J connectivity index is 1.87. The van der Waals surface area contributed by atoms with Crippen molar-refractivity contribution in [1.82, 2.24) is 5.32 Å². The second-order valence-corrected chi connectivity index (χ2v) is 5.83. The summed E-state index contributed by atoms with van der Waals surface area (Å²) in [6.45, 7) is 3.14. The van der Waals surface area contributed by atoms with Crippen LogP contribution in [-0.2, 0) is 11.2 Å². The van der Waals surface area contributed by atoms with Crippen molar-refractivity contribution in [3.05, 3.63) is 52.2 Å². The quantitative estimate of drug-likeness (QED) is 0.753. The van der Waals surface area contributed by atoms with Crippen LogP contribution >= 0.6 is 11.3 Å². The molecule has 23 heavy (non-hydrogen) atoms. The number of carbonyl (C=O) groups excluding carboxylic acids is 1. The van der Waals surface area contributed by atoms with E-state index in [4.69, 9.17) is 9.47 Å². The lowest BCUT2D eigenvalue weighted by atomic mass is 10.2. The molecule has 0 aliphatic heterocycles. The van der Waals surface area contributed by atoms with E-state index < -0.39 is 0 Å². The van der Waals surface area contributed by atoms with Crippen molar-refractivity contribution in [2.24, 2.45) is 0 Å². The van der Waals surface area contributed by atoms with Crippen molar-refractivity contribution in [1.29, 1.82) is 0 Å². The Bertz CT molecular complexity index is 650. The van der Waals surface area contributed by atoms with Crippen LogP contribution in [0.2, 0.25) is 0 Å². The summed E-state index contributed by atoms with van der Waals surface area (Å²) in [4.78, 5) is 13.1. The first-order chi connectivity index (χ1) is 11.2. The summed E-state index contributed by atoms with van der Waals surface area (Å²) in [5.74, 6) is 1.26. The van der Waals surface area contributed by atoms with Crippen molar-refractivity contribution in [2.45, 2.75) is 13.3 Å². The molecule has 2 aromatic rings. The van der Waals surface area contributed by atoms with Gasteiger partial charge in [0.1, 0.15) is 0 Å². The Kier molecular flexibility index (Phi) is 6.69. The smallest absolute Gasteiger partial charge is 0.244 e. The van der Waals surface area contributed by atoms with Gasteiger partial charge in [-0.15, -0.1) is 11.3 Å². The molecule has 2 rings (SSSR count). The van der Waals surface area contributed by atoms with E-state index in [-0.39, 0.29) is 5.91 Å². The van der Waals surface area contributed by atoms with Crippen molar-refractivity contribution >= 4 is 23.3 Å². The Morgan fingerprint density at radius 1 is 1.30 bits per heavy atom. The van der Waals surface area contributed by atoms with Gasteiger partial charge in [0.25, 0.3) is 0 Å². The normalized spacial score (nSPS) is 10.7. The maximum Gasteiger partial charge on any atom is 0.244 e. The standard InChI is InChI=1S/C18H21NO3S/c1-3-22-16-8-6-14(13-17(16)21-2)7-9-18(20)19-11-10-15-5-4-12-23-15/h4-9,12-13H,3,10-11H2,1-2H3,(H,19,20). The lowest BCUT2D eigenvalue weighted by molar-refractivity contribution is -0.116. The van der Waals surface area contributed by atoms with Crippen LogP contribution in [0.5, 0.6) is 11.5 Å². The number of nitrogens with one attached hydrogen (secondary N) is 1. The Hall–Kier alpha value is -2.27. The van der Waals surface area contributed by atoms with Gasteiger partial charge in [-0.2, -0.15) is 0 Å². The van der Waals surface area contributed by atoms with E-state index in [1.54, 1.807) is 24.5 Å². The highest BCUT2D eigenvalue weighted by Gasteiger charge is 2.04. The molecule has 0 radical (unpaired) electrons. The fraction of sp³-hybridized carbons (Fsp3) is 0.278. The molecule has 1 heterocycles. The predicted octanol–water partition coefficient (Wildman–Crippen LogP) is 3.53. The van der Waals surface area contributed by atoms with Crippen LogP contribution in [0.1, 0.15) is 17.4 Å². The summed E-state index contributed by atoms with van der Waals surface area (Å²) in [7, 11) is 1.60. The van der Waals surface area contributed by atoms with Crippen molar-refractivity contribution in [3.8, 4) is 11.5 Å². The van der Waals surface area contributed by atoms with Crippen LogP contribution in [0.25, 0.3) is 6.08 Å². The third kappa shape index (κ3) is 5.45. The number of benzene rings is 1. The zero-order chi connectivity index (χ0) is 16.5. The van der Waals surface area contributed by atoms with Gasteiger partial charge in [0.05, 0.1) is 13.7 Å². The topological polar surface area (TPSA) is 47.6 Å². The number of carbonyl (C=O) groups is 1. The van der Waals surface area contributed by atoms with Gasteiger partial charge in [0, 0.05) is 17.5 Å². The van der Waals surface area contributed by atoms with Gasteiger partial charge >= 0.3 is 0 Å². The molecule has 122 valence electrons. The first-order valence-corrected chi connectivity index (χ1v) is 8.40. The van der Waals surface area contributed by atoms with Crippen molar-refractivity contribution in [2.75, 3.05) is 20.3 Å². The fourth-order valence-corrected chi connectivity index (χ4v) is 2.77. The summed E-state index contributed by atoms with van der Waals surface area (Å²) < 4.78 is 10.8. The van der Waals surface area contributed by atoms with Gasteiger partial charge in [0.15, 0.2) is 11.5 Å². The number of amides is 1. The third-order valence-corrected chi connectivity index (χ3v) is 4.10. The van der Waals surface area contributed by atoms with Gasteiger partial charge < -0.3 is 14.8 Å². The summed E-state index contributed by atoms with van der Waals surface area (Å²) >= 11 is 1.70. The maximum atomic E-state index is 11.8. The molecule has 4 nitrogen and oxygen atoms in total. The van der Waals surface area contributed by atoms with Crippen LogP contribution < -0.4 is 14.8 Å². The van der Waals surface area contributed by atoms with E-state index >= 15 is 0 Å². The molecule has 1 aromatic carbocycles. The lowest BCUT2D eigenvalue weighted by Gasteiger charge is -2.09. The first-order valence-electron chi connectivity index (χ1n) is 7.52. The molecule has 0 saturated heterocycles. The van der Waals surface area contributed by atoms with E-state index in [1.807, 2.05) is 36.6 Å². The van der Waals surface area contributed by atoms with E-state index in [2.05, 4.69) is 11.4 Å². The molecule has 0 atom stereocenters. The summed E-state index contributed by atoms with van der Waals surface area (Å²) in [6.07, 6.45) is 4.15. The van der Waals surface area contributed by atoms with E-state index in [9.17, 15) is 4.79 Å². The number of ether oxygens (including phenoxy) is 2. The molecule has 1 aromatic heterocycles. The molecular weight excluding hydrogens is 310 g/mol. The minimum atomic E-state index is -0.102. The molecule has 1 amide bonds. The van der Waals surface area contributed by atoms with Gasteiger partial charge in [-0.1, -0.05) is 12.1 Å². The second kappa shape index (κ2) is 9.00. The number of thiophene rings is 1. The average molecular weight is 331 g/mol. The van der Waals surface area contributed by atoms with Gasteiger partial charge in [-0.25, -0.2) is 0 Å². The fourth-order valence-electron chi connectivity index (χ4n) is 2.06. The molecule has 0 spiro atoms. The van der Waals surface area contributed by atoms with Crippen LogP contribution in [0.3, 0.4) is 0 Å². The zero-order valence-electron chi connectivity index (χ0n) is 13.4. The molecule has 0 unspecified atom stereocenters. The van der Waals surface area contributed by atoms with E-state index in [0.29, 0.717) is 24.7 Å². The Morgan fingerprint density at radius 3 is 2.87 bits per heavy atom. The van der Waals surface area contributed by atoms with Crippen LogP contribution in [0.15, 0.2) is 41.8 Å². The highest BCUT2D eigenvalue weighted by Crippen LogP contribution is 2.28. The van der Waals surface area contributed by atoms with Gasteiger partial charge in [0.2, 0.25) is 5.91 Å². The van der Waals surface area contributed by atoms with Crippen LogP contribution in [0, 0.1) is 0 Å². The molecule has 1 N–H and O–H groups in total. The molecule has 0 aliphatic rings. The number of hydrogen-bond acceptors (Lipinski definition) is 4. The lowest BCUT2D eigenvalue weighted by Crippen LogP contribution is -2.23. The van der Waals surface area contributed by atoms with Crippen molar-refractivity contribution < 1.29 is 14.3 Å². The molecule has 0 aliphatic carbocycles. The second-order valence-electron chi connectivity index (χ2n) is 4.80. The highest BCUT2D eigenvalue weighted by molar-refractivity contribution is 7.09. The van der Waals surface area contributed by atoms with Crippen molar-refractivity contribution in [3.63, 3.8) is 0 Å². The number of hydrogen-bond donors (Lipinski definition) is 1. The molecule has 0 fully saturated rings. The minimum absolute atomic E-state index is 0.102. The SMILES string of the molecule is CCOc1ccc(C=CC(=O)NCCc2cccs2)cc1OC. The third-order valence-electron chi connectivity index (χ3n) is 3.17. The molecule has 0 bridgehead atoms. The average Bonchev–Trinajstić information content (AvgIpc) is 3.07. The minimum Gasteiger partial charge on any atom is -0.493 e. The molecular formula is C18H21NO3S. The predicted molar refractivity (Wildman–Crippen MR) is 94.2 cm³/mol. The highest BCUT2D eigenvalue weighted by atomic mass is 32.1. The molecule has 0 saturated carbocycles. The summed E-state index contributed by atoms with van der Waals surface area (Å²) in [5.41, 5.74) is 0.888. The Morgan fingerprint density at radius 2 is 2.17 bits per heavy atom. The van der Waals surface area contributed by atoms with Gasteiger partial charge in [-0.3, -0.25) is 4.79 Å². The monoisotopic (exact) mass is 331 g/mol. The van der Waals surface area contributed by atoms with Gasteiger partial charge in [-0.05, 0) is 48.6 Å². The first kappa shape index (κ1) is 17.1. The summed E-state index contributed by atoms with van der Waals surface area (Å²) in [5, 5.41) is 4.91. The van der Waals surface area contributed by atoms with Crippen LogP contribution in [-0.4, -0.2) is 26.2 Å². The zero-order valence-corrected chi connectivity index (χ0v) is 14.2. The number of rotatable bonds is 8. The Labute approximate surface area is 140 Å².